The normalized spacial score (nSPS) is 11.6. The Morgan fingerprint density at radius 3 is 1.86 bits per heavy atom. The van der Waals surface area contributed by atoms with Gasteiger partial charge in [-0.05, 0) is 48.8 Å². The molecule has 0 aliphatic rings. The molecule has 1 amide bonds. The summed E-state index contributed by atoms with van der Waals surface area (Å²) in [6.45, 7) is 4.75. The number of halogens is 7. The van der Waals surface area contributed by atoms with Crippen LogP contribution in [0.25, 0.3) is 0 Å². The maximum atomic E-state index is 12.8. The number of nitrogens with one attached hydrogen (secondary N) is 1. The number of ether oxygens (including phenoxy) is 2. The second kappa shape index (κ2) is 11.5. The lowest BCUT2D eigenvalue weighted by molar-refractivity contribution is -0.139. The molecule has 0 saturated heterocycles. The third-order valence-electron chi connectivity index (χ3n) is 3.58. The molecule has 0 bridgehead atoms. The number of carboxylic acids is 1. The van der Waals surface area contributed by atoms with Gasteiger partial charge in [0.15, 0.2) is 11.4 Å². The number of amides is 1. The number of carbonyl (C=O) groups excluding carboxylic acids is 2. The highest BCUT2D eigenvalue weighted by atomic mass is 79.9. The summed E-state index contributed by atoms with van der Waals surface area (Å²) < 4.78 is 84.8. The number of anilines is 1. The van der Waals surface area contributed by atoms with E-state index in [0.29, 0.717) is 6.07 Å². The average molecular weight is 590 g/mol. The van der Waals surface area contributed by atoms with Crippen LogP contribution in [0.3, 0.4) is 0 Å². The van der Waals surface area contributed by atoms with E-state index in [4.69, 9.17) is 9.84 Å². The van der Waals surface area contributed by atoms with Crippen molar-refractivity contribution < 1.29 is 55.3 Å². The second-order valence-electron chi connectivity index (χ2n) is 7.59. The van der Waals surface area contributed by atoms with Crippen molar-refractivity contribution in [3.05, 3.63) is 51.5 Å². The molecule has 16 heteroatoms. The van der Waals surface area contributed by atoms with Gasteiger partial charge in [0.25, 0.3) is 0 Å². The molecule has 2 heterocycles. The molecule has 198 valence electrons. The molecule has 0 unspecified atom stereocenters. The predicted octanol–water partition coefficient (Wildman–Crippen LogP) is 5.80. The lowest BCUT2D eigenvalue weighted by Gasteiger charge is -2.20. The number of nitrogens with zero attached hydrogens (tertiary/aromatic N) is 2. The van der Waals surface area contributed by atoms with Gasteiger partial charge in [0.2, 0.25) is 0 Å². The molecule has 0 fully saturated rings. The summed E-state index contributed by atoms with van der Waals surface area (Å²) in [6.07, 6.45) is -8.61. The maximum Gasteiger partial charge on any atom is 0.418 e. The molecule has 9 nitrogen and oxygen atoms in total. The second-order valence-corrected chi connectivity index (χ2v) is 8.50. The summed E-state index contributed by atoms with van der Waals surface area (Å²) in [4.78, 5) is 39.7. The monoisotopic (exact) mass is 589 g/mol. The molecule has 0 atom stereocenters. The summed E-state index contributed by atoms with van der Waals surface area (Å²) in [5.41, 5.74) is -5.61. The van der Waals surface area contributed by atoms with Gasteiger partial charge in [-0.3, -0.25) is 5.32 Å². The fourth-order valence-electron chi connectivity index (χ4n) is 2.26. The number of esters is 1. The SMILES string of the molecule is CC(C)(C)OC(=O)Nc1cnc(C(=O)O)c(C(F)(F)F)c1.COC(=O)c1ncc(Br)cc1C(F)(F)F. The molecule has 2 aromatic rings. The molecule has 0 spiro atoms. The van der Waals surface area contributed by atoms with E-state index < -0.39 is 58.5 Å². The Labute approximate surface area is 207 Å². The van der Waals surface area contributed by atoms with E-state index >= 15 is 0 Å². The van der Waals surface area contributed by atoms with Gasteiger partial charge in [0.05, 0.1) is 30.1 Å². The van der Waals surface area contributed by atoms with Crippen molar-refractivity contribution in [3.8, 4) is 0 Å². The summed E-state index contributed by atoms with van der Waals surface area (Å²) in [5.74, 6) is -2.93. The summed E-state index contributed by atoms with van der Waals surface area (Å²) >= 11 is 2.85. The number of methoxy groups -OCH3 is 1. The van der Waals surface area contributed by atoms with Gasteiger partial charge in [-0.15, -0.1) is 0 Å². The first kappa shape index (κ1) is 30.6. The first-order valence-electron chi connectivity index (χ1n) is 9.38. The Kier molecular flexibility index (Phi) is 9.81. The van der Waals surface area contributed by atoms with Crippen molar-refractivity contribution in [2.24, 2.45) is 0 Å². The molecule has 0 saturated carbocycles. The van der Waals surface area contributed by atoms with Gasteiger partial charge < -0.3 is 14.6 Å². The number of carboxylic acid groups (broad SMARTS) is 1. The van der Waals surface area contributed by atoms with Crippen molar-refractivity contribution >= 4 is 39.6 Å². The standard InChI is InChI=1S/C12H13F3N2O4.C8H5BrF3NO2/c1-11(2,3)21-10(20)17-6-4-7(12(13,14)15)8(9(18)19)16-5-6;1-15-7(14)6-5(8(10,11)12)2-4(9)3-13-6/h4-5H,1-3H3,(H,17,20)(H,18,19);2-3H,1H3. The molecule has 0 aliphatic carbocycles. The molecule has 2 N–H and O–H groups in total. The topological polar surface area (TPSA) is 128 Å². The van der Waals surface area contributed by atoms with E-state index in [1.807, 2.05) is 0 Å². The number of alkyl halides is 6. The van der Waals surface area contributed by atoms with Crippen LogP contribution < -0.4 is 5.32 Å². The smallest absolute Gasteiger partial charge is 0.418 e. The van der Waals surface area contributed by atoms with Crippen LogP contribution in [-0.2, 0) is 21.8 Å². The van der Waals surface area contributed by atoms with Crippen molar-refractivity contribution in [1.29, 1.82) is 0 Å². The van der Waals surface area contributed by atoms with Gasteiger partial charge in [0, 0.05) is 10.7 Å². The van der Waals surface area contributed by atoms with Gasteiger partial charge in [-0.25, -0.2) is 24.4 Å². The molecule has 2 rings (SSSR count). The molecule has 0 aliphatic heterocycles. The minimum absolute atomic E-state index is 0.141. The zero-order chi connectivity index (χ0) is 28.1. The lowest BCUT2D eigenvalue weighted by Crippen LogP contribution is -2.27. The molecule has 0 radical (unpaired) electrons. The number of hydrogen-bond donors (Lipinski definition) is 2. The van der Waals surface area contributed by atoms with E-state index in [2.05, 4.69) is 36.0 Å². The lowest BCUT2D eigenvalue weighted by atomic mass is 10.1. The Morgan fingerprint density at radius 2 is 1.42 bits per heavy atom. The highest BCUT2D eigenvalue weighted by molar-refractivity contribution is 9.10. The summed E-state index contributed by atoms with van der Waals surface area (Å²) in [5, 5.41) is 10.7. The minimum Gasteiger partial charge on any atom is -0.476 e. The first-order valence-corrected chi connectivity index (χ1v) is 10.2. The largest absolute Gasteiger partial charge is 0.476 e. The van der Waals surface area contributed by atoms with Crippen LogP contribution in [0.4, 0.5) is 36.8 Å². The van der Waals surface area contributed by atoms with Gasteiger partial charge >= 0.3 is 30.4 Å². The van der Waals surface area contributed by atoms with Crippen molar-refractivity contribution in [2.75, 3.05) is 12.4 Å². The van der Waals surface area contributed by atoms with Gasteiger partial charge in [-0.1, -0.05) is 0 Å². The Bertz CT molecular complexity index is 1130. The number of rotatable bonds is 3. The number of aromatic carboxylic acids is 1. The first-order chi connectivity index (χ1) is 16.3. The maximum absolute atomic E-state index is 12.8. The Morgan fingerprint density at radius 1 is 0.917 bits per heavy atom. The number of pyridine rings is 2. The number of aromatic nitrogens is 2. The fourth-order valence-corrected chi connectivity index (χ4v) is 2.59. The highest BCUT2D eigenvalue weighted by Gasteiger charge is 2.38. The molecule has 2 aromatic heterocycles. The predicted molar refractivity (Wildman–Crippen MR) is 114 cm³/mol. The quantitative estimate of drug-likeness (QED) is 0.340. The van der Waals surface area contributed by atoms with Crippen LogP contribution in [0.5, 0.6) is 0 Å². The fraction of sp³-hybridized carbons (Fsp3) is 0.350. The molecular weight excluding hydrogens is 572 g/mol. The minimum atomic E-state index is -4.91. The Hall–Kier alpha value is -3.43. The third-order valence-corrected chi connectivity index (χ3v) is 4.01. The van der Waals surface area contributed by atoms with E-state index in [-0.39, 0.29) is 10.2 Å². The number of hydrogen-bond acceptors (Lipinski definition) is 7. The third kappa shape index (κ3) is 9.31. The van der Waals surface area contributed by atoms with Crippen LogP contribution >= 0.6 is 15.9 Å². The zero-order valence-corrected chi connectivity index (χ0v) is 20.4. The summed E-state index contributed by atoms with van der Waals surface area (Å²) in [7, 11) is 0.992. The van der Waals surface area contributed by atoms with E-state index in [1.165, 1.54) is 0 Å². The van der Waals surface area contributed by atoms with Crippen LogP contribution in [-0.4, -0.2) is 45.8 Å². The van der Waals surface area contributed by atoms with Gasteiger partial charge in [-0.2, -0.15) is 26.3 Å². The molecule has 36 heavy (non-hydrogen) atoms. The molecule has 0 aromatic carbocycles. The van der Waals surface area contributed by atoms with E-state index in [0.717, 1.165) is 25.6 Å². The number of carbonyl (C=O) groups is 3. The van der Waals surface area contributed by atoms with Gasteiger partial charge in [0.1, 0.15) is 5.60 Å². The van der Waals surface area contributed by atoms with Crippen molar-refractivity contribution in [2.45, 2.75) is 38.7 Å². The van der Waals surface area contributed by atoms with Crippen molar-refractivity contribution in [3.63, 3.8) is 0 Å². The highest BCUT2D eigenvalue weighted by Crippen LogP contribution is 2.34. The van der Waals surface area contributed by atoms with Crippen LogP contribution in [0, 0.1) is 0 Å². The van der Waals surface area contributed by atoms with Crippen LogP contribution in [0.15, 0.2) is 29.0 Å². The van der Waals surface area contributed by atoms with Crippen LogP contribution in [0.1, 0.15) is 52.9 Å². The van der Waals surface area contributed by atoms with E-state index in [1.54, 1.807) is 20.8 Å². The van der Waals surface area contributed by atoms with Crippen LogP contribution in [0.2, 0.25) is 0 Å². The molecular formula is C20H18BrF6N3O6. The Balaban J connectivity index is 0.000000381. The zero-order valence-electron chi connectivity index (χ0n) is 18.8. The average Bonchev–Trinajstić information content (AvgIpc) is 2.70. The van der Waals surface area contributed by atoms with Crippen molar-refractivity contribution in [1.82, 2.24) is 9.97 Å². The summed E-state index contributed by atoms with van der Waals surface area (Å²) in [6, 6.07) is 1.26. The van der Waals surface area contributed by atoms with E-state index in [9.17, 15) is 40.7 Å².